The highest BCUT2D eigenvalue weighted by Gasteiger charge is 2.17. The number of benzene rings is 2. The maximum absolute atomic E-state index is 13.2. The third-order valence-electron chi connectivity index (χ3n) is 4.87. The third-order valence-corrected chi connectivity index (χ3v) is 6.70. The summed E-state index contributed by atoms with van der Waals surface area (Å²) in [6.07, 6.45) is 0. The molecule has 1 aliphatic heterocycles. The second kappa shape index (κ2) is 8.68. The van der Waals surface area contributed by atoms with Gasteiger partial charge in [-0.1, -0.05) is 23.9 Å². The molecule has 1 aliphatic rings. The lowest BCUT2D eigenvalue weighted by atomic mass is 10.2. The van der Waals surface area contributed by atoms with E-state index in [0.29, 0.717) is 45.8 Å². The van der Waals surface area contributed by atoms with Crippen LogP contribution in [0.1, 0.15) is 5.56 Å². The number of fused-ring (bicyclic) bond motifs is 2. The van der Waals surface area contributed by atoms with Crippen LogP contribution in [0.4, 0.5) is 5.69 Å². The summed E-state index contributed by atoms with van der Waals surface area (Å²) in [6.45, 7) is 2.96. The first kappa shape index (κ1) is 20.6. The summed E-state index contributed by atoms with van der Waals surface area (Å²) in [6, 6.07) is 14.8. The Morgan fingerprint density at radius 1 is 1.16 bits per heavy atom. The van der Waals surface area contributed by atoms with Gasteiger partial charge in [-0.3, -0.25) is 14.2 Å². The largest absolute Gasteiger partial charge is 0.486 e. The molecule has 162 valence electrons. The highest BCUT2D eigenvalue weighted by Crippen LogP contribution is 2.32. The Morgan fingerprint density at radius 2 is 2.00 bits per heavy atom. The second-order valence-corrected chi connectivity index (χ2v) is 9.06. The van der Waals surface area contributed by atoms with Gasteiger partial charge in [-0.2, -0.15) is 0 Å². The van der Waals surface area contributed by atoms with Gasteiger partial charge in [-0.05, 0) is 48.2 Å². The van der Waals surface area contributed by atoms with E-state index in [1.165, 1.54) is 23.1 Å². The third kappa shape index (κ3) is 4.09. The SMILES string of the molecule is Cc1cccc(-n2c(SCC(=O)Nc3ccc4c(c3)OCCO4)nc3ccsc3c2=O)c1. The normalized spacial score (nSPS) is 12.7. The molecule has 2 aromatic carbocycles. The smallest absolute Gasteiger partial charge is 0.276 e. The molecule has 1 N–H and O–H groups in total. The Bertz CT molecular complexity index is 1380. The Morgan fingerprint density at radius 3 is 2.84 bits per heavy atom. The summed E-state index contributed by atoms with van der Waals surface area (Å²) >= 11 is 2.59. The fourth-order valence-electron chi connectivity index (χ4n) is 3.43. The number of rotatable bonds is 5. The van der Waals surface area contributed by atoms with Crippen LogP contribution in [0.3, 0.4) is 0 Å². The van der Waals surface area contributed by atoms with Crippen LogP contribution in [0.5, 0.6) is 11.5 Å². The van der Waals surface area contributed by atoms with E-state index >= 15 is 0 Å². The minimum Gasteiger partial charge on any atom is -0.486 e. The lowest BCUT2D eigenvalue weighted by Crippen LogP contribution is -2.22. The molecule has 0 unspecified atom stereocenters. The van der Waals surface area contributed by atoms with Crippen LogP contribution < -0.4 is 20.3 Å². The molecule has 0 fully saturated rings. The average Bonchev–Trinajstić information content (AvgIpc) is 3.27. The molecule has 0 spiro atoms. The molecule has 1 amide bonds. The Hall–Kier alpha value is -3.30. The van der Waals surface area contributed by atoms with Crippen molar-refractivity contribution in [3.8, 4) is 17.2 Å². The number of hydrogen-bond acceptors (Lipinski definition) is 7. The first-order valence-corrected chi connectivity index (χ1v) is 11.8. The van der Waals surface area contributed by atoms with E-state index < -0.39 is 0 Å². The predicted molar refractivity (Wildman–Crippen MR) is 127 cm³/mol. The molecule has 0 radical (unpaired) electrons. The van der Waals surface area contributed by atoms with Gasteiger partial charge in [0, 0.05) is 11.8 Å². The average molecular weight is 466 g/mol. The van der Waals surface area contributed by atoms with Crippen LogP contribution in [0, 0.1) is 6.92 Å². The van der Waals surface area contributed by atoms with E-state index in [1.807, 2.05) is 42.6 Å². The summed E-state index contributed by atoms with van der Waals surface area (Å²) < 4.78 is 13.2. The topological polar surface area (TPSA) is 82.5 Å². The summed E-state index contributed by atoms with van der Waals surface area (Å²) in [5, 5.41) is 5.19. The van der Waals surface area contributed by atoms with Crippen molar-refractivity contribution in [1.29, 1.82) is 0 Å². The van der Waals surface area contributed by atoms with Crippen LogP contribution in [0.25, 0.3) is 15.9 Å². The zero-order valence-electron chi connectivity index (χ0n) is 17.2. The standard InChI is InChI=1S/C23H19N3O4S2/c1-14-3-2-4-16(11-14)26-22(28)21-17(7-10-31-21)25-23(26)32-13-20(27)24-15-5-6-18-19(12-15)30-9-8-29-18/h2-7,10-12H,8-9,13H2,1H3,(H,24,27). The number of carbonyl (C=O) groups is 1. The van der Waals surface area contributed by atoms with Gasteiger partial charge in [-0.25, -0.2) is 4.98 Å². The van der Waals surface area contributed by atoms with E-state index in [2.05, 4.69) is 10.3 Å². The predicted octanol–water partition coefficient (Wildman–Crippen LogP) is 4.26. The van der Waals surface area contributed by atoms with E-state index in [1.54, 1.807) is 22.8 Å². The number of hydrogen-bond donors (Lipinski definition) is 1. The summed E-state index contributed by atoms with van der Waals surface area (Å²) in [4.78, 5) is 30.5. The lowest BCUT2D eigenvalue weighted by Gasteiger charge is -2.19. The number of carbonyl (C=O) groups excluding carboxylic acids is 1. The fraction of sp³-hybridized carbons (Fsp3) is 0.174. The minimum absolute atomic E-state index is 0.0995. The van der Waals surface area contributed by atoms with Gasteiger partial charge in [0.25, 0.3) is 5.56 Å². The number of thiophene rings is 1. The monoisotopic (exact) mass is 465 g/mol. The van der Waals surface area contributed by atoms with Gasteiger partial charge < -0.3 is 14.8 Å². The quantitative estimate of drug-likeness (QED) is 0.350. The Kier molecular flexibility index (Phi) is 5.59. The molecule has 0 bridgehead atoms. The van der Waals surface area contributed by atoms with E-state index in [-0.39, 0.29) is 17.2 Å². The highest BCUT2D eigenvalue weighted by atomic mass is 32.2. The number of anilines is 1. The molecular formula is C23H19N3O4S2. The van der Waals surface area contributed by atoms with Gasteiger partial charge in [0.2, 0.25) is 5.91 Å². The molecule has 9 heteroatoms. The number of ether oxygens (including phenoxy) is 2. The van der Waals surface area contributed by atoms with Crippen molar-refractivity contribution in [3.05, 3.63) is 69.8 Å². The van der Waals surface area contributed by atoms with Crippen molar-refractivity contribution in [1.82, 2.24) is 9.55 Å². The van der Waals surface area contributed by atoms with Crippen molar-refractivity contribution in [2.75, 3.05) is 24.3 Å². The summed E-state index contributed by atoms with van der Waals surface area (Å²) in [5.41, 5.74) is 2.89. The zero-order chi connectivity index (χ0) is 22.1. The molecule has 5 rings (SSSR count). The molecule has 0 aliphatic carbocycles. The van der Waals surface area contributed by atoms with Crippen molar-refractivity contribution in [2.24, 2.45) is 0 Å². The molecule has 4 aromatic rings. The van der Waals surface area contributed by atoms with Crippen LogP contribution in [-0.2, 0) is 4.79 Å². The molecule has 32 heavy (non-hydrogen) atoms. The van der Waals surface area contributed by atoms with E-state index in [9.17, 15) is 9.59 Å². The number of thioether (sulfide) groups is 1. The zero-order valence-corrected chi connectivity index (χ0v) is 18.8. The van der Waals surface area contributed by atoms with Gasteiger partial charge >= 0.3 is 0 Å². The van der Waals surface area contributed by atoms with Crippen molar-refractivity contribution in [3.63, 3.8) is 0 Å². The Balaban J connectivity index is 1.39. The van der Waals surface area contributed by atoms with Crippen LogP contribution in [0.2, 0.25) is 0 Å². The Labute approximate surface area is 192 Å². The minimum atomic E-state index is -0.206. The summed E-state index contributed by atoms with van der Waals surface area (Å²) in [5.74, 6) is 1.17. The maximum Gasteiger partial charge on any atom is 0.276 e. The molecule has 7 nitrogen and oxygen atoms in total. The molecule has 0 atom stereocenters. The van der Waals surface area contributed by atoms with Crippen LogP contribution in [0.15, 0.2) is 63.9 Å². The number of amides is 1. The second-order valence-electron chi connectivity index (χ2n) is 7.20. The van der Waals surface area contributed by atoms with Crippen molar-refractivity contribution < 1.29 is 14.3 Å². The van der Waals surface area contributed by atoms with E-state index in [0.717, 1.165) is 11.3 Å². The lowest BCUT2D eigenvalue weighted by molar-refractivity contribution is -0.113. The first-order valence-electron chi connectivity index (χ1n) is 9.98. The summed E-state index contributed by atoms with van der Waals surface area (Å²) in [7, 11) is 0. The number of nitrogens with one attached hydrogen (secondary N) is 1. The number of aryl methyl sites for hydroxylation is 1. The van der Waals surface area contributed by atoms with Gasteiger partial charge in [0.1, 0.15) is 17.9 Å². The molecule has 2 aromatic heterocycles. The first-order chi connectivity index (χ1) is 15.6. The number of nitrogens with zero attached hydrogens (tertiary/aromatic N) is 2. The number of aromatic nitrogens is 2. The van der Waals surface area contributed by atoms with E-state index in [4.69, 9.17) is 9.47 Å². The van der Waals surface area contributed by atoms with Gasteiger partial charge in [0.15, 0.2) is 16.7 Å². The molecule has 3 heterocycles. The molecular weight excluding hydrogens is 446 g/mol. The van der Waals surface area contributed by atoms with Crippen molar-refractivity contribution >= 4 is 44.9 Å². The highest BCUT2D eigenvalue weighted by molar-refractivity contribution is 7.99. The van der Waals surface area contributed by atoms with Crippen LogP contribution >= 0.6 is 23.1 Å². The molecule has 0 saturated carbocycles. The fourth-order valence-corrected chi connectivity index (χ4v) is 5.00. The van der Waals surface area contributed by atoms with Gasteiger partial charge in [-0.15, -0.1) is 11.3 Å². The molecule has 0 saturated heterocycles. The van der Waals surface area contributed by atoms with Crippen molar-refractivity contribution in [2.45, 2.75) is 12.1 Å². The maximum atomic E-state index is 13.2. The van der Waals surface area contributed by atoms with Crippen LogP contribution in [-0.4, -0.2) is 34.4 Å². The van der Waals surface area contributed by atoms with Gasteiger partial charge in [0.05, 0.1) is 17.0 Å².